The minimum Gasteiger partial charge on any atom is -0.481 e. The van der Waals surface area contributed by atoms with E-state index in [1.807, 2.05) is 55.5 Å². The number of hydrogen-bond donors (Lipinski definition) is 2. The van der Waals surface area contributed by atoms with Crippen LogP contribution in [0.4, 0.5) is 5.69 Å². The van der Waals surface area contributed by atoms with Crippen molar-refractivity contribution in [3.8, 4) is 0 Å². The number of carbonyl (C=O) groups excluding carboxylic acids is 1. The summed E-state index contributed by atoms with van der Waals surface area (Å²) < 4.78 is 0. The quantitative estimate of drug-likeness (QED) is 0.813. The summed E-state index contributed by atoms with van der Waals surface area (Å²) in [6, 6.07) is 15.4. The first kappa shape index (κ1) is 17.7. The number of anilines is 1. The molecule has 0 bridgehead atoms. The van der Waals surface area contributed by atoms with Crippen molar-refractivity contribution in [1.82, 2.24) is 0 Å². The van der Waals surface area contributed by atoms with E-state index in [2.05, 4.69) is 5.32 Å². The molecule has 4 nitrogen and oxygen atoms in total. The maximum atomic E-state index is 12.1. The SMILES string of the molecule is Cc1ccccc1CCC(=O)Nc1ccc(CC(C)C(=O)O)cc1. The van der Waals surface area contributed by atoms with E-state index in [9.17, 15) is 9.59 Å². The molecule has 0 spiro atoms. The van der Waals surface area contributed by atoms with Crippen LogP contribution >= 0.6 is 0 Å². The zero-order valence-corrected chi connectivity index (χ0v) is 14.1. The molecule has 2 rings (SSSR count). The second-order valence-electron chi connectivity index (χ2n) is 6.11. The Labute approximate surface area is 142 Å². The van der Waals surface area contributed by atoms with E-state index in [0.29, 0.717) is 19.3 Å². The third kappa shape index (κ3) is 5.23. The summed E-state index contributed by atoms with van der Waals surface area (Å²) in [7, 11) is 0. The first-order valence-electron chi connectivity index (χ1n) is 8.12. The first-order chi connectivity index (χ1) is 11.5. The zero-order chi connectivity index (χ0) is 17.5. The Morgan fingerprint density at radius 2 is 1.75 bits per heavy atom. The molecular formula is C20H23NO3. The molecule has 2 aromatic carbocycles. The average Bonchev–Trinajstić information content (AvgIpc) is 2.56. The number of carboxylic acids is 1. The summed E-state index contributed by atoms with van der Waals surface area (Å²) in [6.07, 6.45) is 1.63. The molecule has 0 saturated carbocycles. The van der Waals surface area contributed by atoms with Gasteiger partial charge in [0.05, 0.1) is 5.92 Å². The molecule has 0 aliphatic rings. The zero-order valence-electron chi connectivity index (χ0n) is 14.1. The van der Waals surface area contributed by atoms with Crippen molar-refractivity contribution in [1.29, 1.82) is 0 Å². The van der Waals surface area contributed by atoms with E-state index in [-0.39, 0.29) is 5.91 Å². The lowest BCUT2D eigenvalue weighted by molar-refractivity contribution is -0.141. The maximum absolute atomic E-state index is 12.1. The highest BCUT2D eigenvalue weighted by Gasteiger charge is 2.11. The second-order valence-corrected chi connectivity index (χ2v) is 6.11. The van der Waals surface area contributed by atoms with Gasteiger partial charge >= 0.3 is 5.97 Å². The topological polar surface area (TPSA) is 66.4 Å². The van der Waals surface area contributed by atoms with Gasteiger partial charge in [0.15, 0.2) is 0 Å². The highest BCUT2D eigenvalue weighted by Crippen LogP contribution is 2.15. The van der Waals surface area contributed by atoms with Crippen LogP contribution in [0.2, 0.25) is 0 Å². The molecule has 1 unspecified atom stereocenters. The predicted octanol–water partition coefficient (Wildman–Crippen LogP) is 3.83. The van der Waals surface area contributed by atoms with Crippen LogP contribution in [0.3, 0.4) is 0 Å². The lowest BCUT2D eigenvalue weighted by Crippen LogP contribution is -2.13. The van der Waals surface area contributed by atoms with E-state index in [0.717, 1.165) is 11.3 Å². The Bertz CT molecular complexity index is 707. The summed E-state index contributed by atoms with van der Waals surface area (Å²) in [4.78, 5) is 22.9. The Morgan fingerprint density at radius 1 is 1.08 bits per heavy atom. The number of aryl methyl sites for hydroxylation is 2. The first-order valence-corrected chi connectivity index (χ1v) is 8.12. The van der Waals surface area contributed by atoms with Crippen molar-refractivity contribution < 1.29 is 14.7 Å². The van der Waals surface area contributed by atoms with Crippen LogP contribution in [0.1, 0.15) is 30.0 Å². The minimum absolute atomic E-state index is 0.0232. The lowest BCUT2D eigenvalue weighted by Gasteiger charge is -2.09. The fraction of sp³-hybridized carbons (Fsp3) is 0.300. The third-order valence-electron chi connectivity index (χ3n) is 4.08. The Balaban J connectivity index is 1.86. The molecule has 126 valence electrons. The highest BCUT2D eigenvalue weighted by molar-refractivity contribution is 5.90. The molecule has 1 atom stereocenters. The van der Waals surface area contributed by atoms with Crippen molar-refractivity contribution in [2.24, 2.45) is 5.92 Å². The van der Waals surface area contributed by atoms with E-state index in [1.165, 1.54) is 11.1 Å². The number of aliphatic carboxylic acids is 1. The average molecular weight is 325 g/mol. The van der Waals surface area contributed by atoms with E-state index < -0.39 is 11.9 Å². The van der Waals surface area contributed by atoms with Gasteiger partial charge in [-0.15, -0.1) is 0 Å². The van der Waals surface area contributed by atoms with E-state index in [4.69, 9.17) is 5.11 Å². The van der Waals surface area contributed by atoms with Crippen LogP contribution in [0, 0.1) is 12.8 Å². The summed E-state index contributed by atoms with van der Waals surface area (Å²) in [5.41, 5.74) is 4.06. The molecule has 0 aliphatic heterocycles. The molecule has 0 aromatic heterocycles. The van der Waals surface area contributed by atoms with Crippen LogP contribution in [0.25, 0.3) is 0 Å². The number of carboxylic acid groups (broad SMARTS) is 1. The van der Waals surface area contributed by atoms with E-state index in [1.54, 1.807) is 6.92 Å². The van der Waals surface area contributed by atoms with Gasteiger partial charge in [-0.1, -0.05) is 43.3 Å². The van der Waals surface area contributed by atoms with Crippen LogP contribution < -0.4 is 5.32 Å². The van der Waals surface area contributed by atoms with Gasteiger partial charge in [-0.25, -0.2) is 0 Å². The van der Waals surface area contributed by atoms with Gasteiger partial charge in [-0.3, -0.25) is 9.59 Å². The third-order valence-corrected chi connectivity index (χ3v) is 4.08. The van der Waals surface area contributed by atoms with Crippen LogP contribution in [-0.2, 0) is 22.4 Å². The Morgan fingerprint density at radius 3 is 2.38 bits per heavy atom. The predicted molar refractivity (Wildman–Crippen MR) is 95.1 cm³/mol. The molecular weight excluding hydrogens is 302 g/mol. The molecule has 24 heavy (non-hydrogen) atoms. The molecule has 1 amide bonds. The summed E-state index contributed by atoms with van der Waals surface area (Å²) in [5.74, 6) is -1.24. The highest BCUT2D eigenvalue weighted by atomic mass is 16.4. The Kier molecular flexibility index (Phi) is 6.13. The number of rotatable bonds is 7. The monoisotopic (exact) mass is 325 g/mol. The smallest absolute Gasteiger partial charge is 0.306 e. The number of amides is 1. The largest absolute Gasteiger partial charge is 0.481 e. The van der Waals surface area contributed by atoms with Crippen LogP contribution in [0.5, 0.6) is 0 Å². The second kappa shape index (κ2) is 8.29. The Hall–Kier alpha value is -2.62. The van der Waals surface area contributed by atoms with Crippen molar-refractivity contribution in [3.63, 3.8) is 0 Å². The minimum atomic E-state index is -0.802. The number of carbonyl (C=O) groups is 2. The van der Waals surface area contributed by atoms with Crippen LogP contribution in [-0.4, -0.2) is 17.0 Å². The van der Waals surface area contributed by atoms with E-state index >= 15 is 0 Å². The van der Waals surface area contributed by atoms with Crippen molar-refractivity contribution >= 4 is 17.6 Å². The van der Waals surface area contributed by atoms with Gasteiger partial charge in [-0.2, -0.15) is 0 Å². The summed E-state index contributed by atoms with van der Waals surface area (Å²) in [5, 5.41) is 11.8. The maximum Gasteiger partial charge on any atom is 0.306 e. The molecule has 2 aromatic rings. The van der Waals surface area contributed by atoms with Gasteiger partial charge in [-0.05, 0) is 48.6 Å². The molecule has 0 aliphatic carbocycles. The number of hydrogen-bond acceptors (Lipinski definition) is 2. The molecule has 0 fully saturated rings. The standard InChI is InChI=1S/C20H23NO3/c1-14-5-3-4-6-17(14)9-12-19(22)21-18-10-7-16(8-11-18)13-15(2)20(23)24/h3-8,10-11,15H,9,12-13H2,1-2H3,(H,21,22)(H,23,24). The summed E-state index contributed by atoms with van der Waals surface area (Å²) >= 11 is 0. The van der Waals surface area contributed by atoms with Crippen molar-refractivity contribution in [3.05, 3.63) is 65.2 Å². The molecule has 0 radical (unpaired) electrons. The lowest BCUT2D eigenvalue weighted by atomic mass is 10.0. The molecule has 0 heterocycles. The number of benzene rings is 2. The fourth-order valence-corrected chi connectivity index (χ4v) is 2.53. The fourth-order valence-electron chi connectivity index (χ4n) is 2.53. The number of nitrogens with one attached hydrogen (secondary N) is 1. The van der Waals surface area contributed by atoms with Gasteiger partial charge in [0, 0.05) is 12.1 Å². The van der Waals surface area contributed by atoms with Gasteiger partial charge < -0.3 is 10.4 Å². The molecule has 4 heteroatoms. The summed E-state index contributed by atoms with van der Waals surface area (Å²) in [6.45, 7) is 3.73. The molecule has 2 N–H and O–H groups in total. The van der Waals surface area contributed by atoms with Crippen LogP contribution in [0.15, 0.2) is 48.5 Å². The normalized spacial score (nSPS) is 11.8. The molecule has 0 saturated heterocycles. The van der Waals surface area contributed by atoms with Crippen molar-refractivity contribution in [2.45, 2.75) is 33.1 Å². The van der Waals surface area contributed by atoms with Gasteiger partial charge in [0.25, 0.3) is 0 Å². The van der Waals surface area contributed by atoms with Gasteiger partial charge in [0.1, 0.15) is 0 Å². The van der Waals surface area contributed by atoms with Gasteiger partial charge in [0.2, 0.25) is 5.91 Å². The van der Waals surface area contributed by atoms with Crippen molar-refractivity contribution in [2.75, 3.05) is 5.32 Å².